The van der Waals surface area contributed by atoms with Crippen LogP contribution in [0.25, 0.3) is 0 Å². The Hall–Kier alpha value is -1.24. The average Bonchev–Trinajstić information content (AvgIpc) is 2.43. The molecule has 1 unspecified atom stereocenters. The first kappa shape index (κ1) is 15.2. The van der Waals surface area contributed by atoms with Crippen molar-refractivity contribution in [2.45, 2.75) is 25.0 Å². The van der Waals surface area contributed by atoms with E-state index >= 15 is 0 Å². The van der Waals surface area contributed by atoms with Crippen molar-refractivity contribution in [2.75, 3.05) is 26.2 Å². The summed E-state index contributed by atoms with van der Waals surface area (Å²) in [6, 6.07) is 3.57. The lowest BCUT2D eigenvalue weighted by molar-refractivity contribution is 0.0596. The Morgan fingerprint density at radius 2 is 2.00 bits per heavy atom. The molecule has 20 heavy (non-hydrogen) atoms. The van der Waals surface area contributed by atoms with E-state index in [-0.39, 0.29) is 18.4 Å². The van der Waals surface area contributed by atoms with Gasteiger partial charge in [0.25, 0.3) is 0 Å². The Balaban J connectivity index is 1.74. The number of benzene rings is 1. The highest BCUT2D eigenvalue weighted by Crippen LogP contribution is 2.16. The smallest absolute Gasteiger partial charge is 0.162 e. The fourth-order valence-electron chi connectivity index (χ4n) is 2.25. The third kappa shape index (κ3) is 4.40. The fraction of sp³-hybridized carbons (Fsp3) is 0.571. The van der Waals surface area contributed by atoms with Gasteiger partial charge in [-0.05, 0) is 38.1 Å². The number of nitrogens with zero attached hydrogens (tertiary/aromatic N) is 1. The Morgan fingerprint density at radius 1 is 1.30 bits per heavy atom. The van der Waals surface area contributed by atoms with Gasteiger partial charge in [-0.3, -0.25) is 0 Å². The van der Waals surface area contributed by atoms with E-state index in [2.05, 4.69) is 4.90 Å². The number of piperidine rings is 1. The number of nitrogens with two attached hydrogens (primary N) is 1. The normalized spacial score (nSPS) is 19.0. The summed E-state index contributed by atoms with van der Waals surface area (Å²) >= 11 is 0. The number of hydrogen-bond donors (Lipinski definition) is 2. The van der Waals surface area contributed by atoms with Crippen LogP contribution in [0.15, 0.2) is 18.2 Å². The summed E-state index contributed by atoms with van der Waals surface area (Å²) in [5.41, 5.74) is 5.81. The van der Waals surface area contributed by atoms with Crippen molar-refractivity contribution < 1.29 is 18.6 Å². The highest BCUT2D eigenvalue weighted by molar-refractivity contribution is 5.23. The van der Waals surface area contributed by atoms with Gasteiger partial charge in [0.1, 0.15) is 18.5 Å². The second-order valence-corrected chi connectivity index (χ2v) is 5.18. The number of likely N-dealkylation sites (tertiary alicyclic amines) is 1. The van der Waals surface area contributed by atoms with Crippen molar-refractivity contribution in [1.82, 2.24) is 4.90 Å². The van der Waals surface area contributed by atoms with Gasteiger partial charge in [-0.25, -0.2) is 8.78 Å². The van der Waals surface area contributed by atoms with Crippen LogP contribution >= 0.6 is 0 Å². The molecule has 6 heteroatoms. The summed E-state index contributed by atoms with van der Waals surface area (Å²) < 4.78 is 31.0. The monoisotopic (exact) mass is 286 g/mol. The van der Waals surface area contributed by atoms with E-state index in [9.17, 15) is 13.9 Å². The molecule has 1 aromatic rings. The number of halogens is 2. The van der Waals surface area contributed by atoms with Crippen LogP contribution in [-0.2, 0) is 0 Å². The van der Waals surface area contributed by atoms with Crippen LogP contribution in [0.2, 0.25) is 0 Å². The molecule has 1 aromatic carbocycles. The van der Waals surface area contributed by atoms with E-state index in [1.807, 2.05) is 0 Å². The largest absolute Gasteiger partial charge is 0.491 e. The molecule has 1 fully saturated rings. The number of aliphatic hydroxyl groups excluding tert-OH is 1. The van der Waals surface area contributed by atoms with E-state index in [1.54, 1.807) is 0 Å². The van der Waals surface area contributed by atoms with Gasteiger partial charge in [-0.1, -0.05) is 0 Å². The summed E-state index contributed by atoms with van der Waals surface area (Å²) in [5.74, 6) is -1.66. The zero-order valence-electron chi connectivity index (χ0n) is 11.3. The highest BCUT2D eigenvalue weighted by atomic mass is 19.2. The highest BCUT2D eigenvalue weighted by Gasteiger charge is 2.18. The topological polar surface area (TPSA) is 58.7 Å². The Morgan fingerprint density at radius 3 is 2.65 bits per heavy atom. The van der Waals surface area contributed by atoms with Gasteiger partial charge in [0.15, 0.2) is 11.6 Å². The predicted molar refractivity (Wildman–Crippen MR) is 71.5 cm³/mol. The number of rotatable bonds is 5. The van der Waals surface area contributed by atoms with Gasteiger partial charge in [0.05, 0.1) is 0 Å². The molecule has 1 aliphatic heterocycles. The van der Waals surface area contributed by atoms with Crippen molar-refractivity contribution in [3.05, 3.63) is 29.8 Å². The molecule has 2 rings (SSSR count). The molecule has 0 amide bonds. The second kappa shape index (κ2) is 6.97. The van der Waals surface area contributed by atoms with E-state index < -0.39 is 17.7 Å². The van der Waals surface area contributed by atoms with Crippen LogP contribution in [0.3, 0.4) is 0 Å². The third-order valence-electron chi connectivity index (χ3n) is 3.43. The van der Waals surface area contributed by atoms with E-state index in [1.165, 1.54) is 6.07 Å². The zero-order valence-corrected chi connectivity index (χ0v) is 11.3. The van der Waals surface area contributed by atoms with Crippen LogP contribution in [0, 0.1) is 11.6 Å². The number of hydrogen-bond acceptors (Lipinski definition) is 4. The van der Waals surface area contributed by atoms with E-state index in [0.717, 1.165) is 38.1 Å². The minimum Gasteiger partial charge on any atom is -0.491 e. The van der Waals surface area contributed by atoms with Crippen molar-refractivity contribution in [3.63, 3.8) is 0 Å². The first-order valence-corrected chi connectivity index (χ1v) is 6.78. The van der Waals surface area contributed by atoms with Crippen molar-refractivity contribution >= 4 is 0 Å². The zero-order chi connectivity index (χ0) is 14.5. The summed E-state index contributed by atoms with van der Waals surface area (Å²) in [4.78, 5) is 2.13. The maximum atomic E-state index is 13.0. The molecule has 1 atom stereocenters. The lowest BCUT2D eigenvalue weighted by atomic mass is 10.1. The molecule has 0 saturated carbocycles. The molecule has 1 aliphatic rings. The van der Waals surface area contributed by atoms with Crippen LogP contribution in [0.1, 0.15) is 12.8 Å². The maximum Gasteiger partial charge on any atom is 0.162 e. The molecule has 0 aliphatic carbocycles. The summed E-state index contributed by atoms with van der Waals surface area (Å²) in [6.45, 7) is 2.27. The van der Waals surface area contributed by atoms with Crippen LogP contribution in [0.5, 0.6) is 5.75 Å². The van der Waals surface area contributed by atoms with E-state index in [4.69, 9.17) is 10.5 Å². The molecule has 1 heterocycles. The Bertz CT molecular complexity index is 437. The minimum atomic E-state index is -0.956. The van der Waals surface area contributed by atoms with Gasteiger partial charge in [0.2, 0.25) is 0 Å². The summed E-state index contributed by atoms with van der Waals surface area (Å²) in [6.07, 6.45) is 1.19. The van der Waals surface area contributed by atoms with Crippen LogP contribution in [-0.4, -0.2) is 48.4 Å². The molecule has 112 valence electrons. The summed E-state index contributed by atoms with van der Waals surface area (Å²) in [7, 11) is 0. The van der Waals surface area contributed by atoms with Gasteiger partial charge >= 0.3 is 0 Å². The van der Waals surface area contributed by atoms with Crippen molar-refractivity contribution in [2.24, 2.45) is 5.73 Å². The van der Waals surface area contributed by atoms with Crippen molar-refractivity contribution in [1.29, 1.82) is 0 Å². The lowest BCUT2D eigenvalue weighted by Crippen LogP contribution is -2.44. The standard InChI is InChI=1S/C14H20F2N2O2/c15-13-2-1-12(7-14(13)16)20-9-11(19)8-18-5-3-10(17)4-6-18/h1-2,7,10-11,19H,3-6,8-9,17H2. The molecule has 1 saturated heterocycles. The fourth-order valence-corrected chi connectivity index (χ4v) is 2.25. The van der Waals surface area contributed by atoms with Crippen LogP contribution in [0.4, 0.5) is 8.78 Å². The van der Waals surface area contributed by atoms with Gasteiger partial charge in [-0.15, -0.1) is 0 Å². The van der Waals surface area contributed by atoms with Gasteiger partial charge in [0, 0.05) is 18.7 Å². The van der Waals surface area contributed by atoms with Crippen LogP contribution < -0.4 is 10.5 Å². The molecule has 0 spiro atoms. The molecule has 0 aromatic heterocycles. The predicted octanol–water partition coefficient (Wildman–Crippen LogP) is 1.13. The molecule has 0 bridgehead atoms. The second-order valence-electron chi connectivity index (χ2n) is 5.18. The van der Waals surface area contributed by atoms with Crippen molar-refractivity contribution in [3.8, 4) is 5.75 Å². The third-order valence-corrected chi connectivity index (χ3v) is 3.43. The molecular weight excluding hydrogens is 266 g/mol. The quantitative estimate of drug-likeness (QED) is 0.852. The SMILES string of the molecule is NC1CCN(CC(O)COc2ccc(F)c(F)c2)CC1. The minimum absolute atomic E-state index is 0.0492. The van der Waals surface area contributed by atoms with E-state index in [0.29, 0.717) is 6.54 Å². The number of β-amino-alcohol motifs (C(OH)–C–C–N with tert-alkyl or cyclic N) is 1. The molecule has 3 N–H and O–H groups in total. The molecule has 0 radical (unpaired) electrons. The summed E-state index contributed by atoms with van der Waals surface area (Å²) in [5, 5.41) is 9.89. The Kier molecular flexibility index (Phi) is 5.28. The number of ether oxygens (including phenoxy) is 1. The van der Waals surface area contributed by atoms with Gasteiger partial charge < -0.3 is 20.5 Å². The van der Waals surface area contributed by atoms with Gasteiger partial charge in [-0.2, -0.15) is 0 Å². The molecular formula is C14H20F2N2O2. The maximum absolute atomic E-state index is 13.0. The lowest BCUT2D eigenvalue weighted by Gasteiger charge is -2.31. The Labute approximate surface area is 117 Å². The first-order valence-electron chi connectivity index (χ1n) is 6.78. The average molecular weight is 286 g/mol. The first-order chi connectivity index (χ1) is 9.54. The molecule has 4 nitrogen and oxygen atoms in total. The number of aliphatic hydroxyl groups is 1.